The Morgan fingerprint density at radius 1 is 1.25 bits per heavy atom. The van der Waals surface area contributed by atoms with Crippen LogP contribution in [0.1, 0.15) is 36.3 Å². The third-order valence-corrected chi connectivity index (χ3v) is 5.05. The number of benzene rings is 1. The lowest BCUT2D eigenvalue weighted by Crippen LogP contribution is -2.01. The zero-order chi connectivity index (χ0) is 14.4. The molecular weight excluding hydrogens is 336 g/mol. The number of thiophene rings is 1. The summed E-state index contributed by atoms with van der Waals surface area (Å²) in [5.41, 5.74) is 0.924. The largest absolute Gasteiger partial charge is 0.494 e. The fourth-order valence-corrected chi connectivity index (χ4v) is 3.44. The van der Waals surface area contributed by atoms with Crippen LogP contribution in [0.25, 0.3) is 0 Å². The third kappa shape index (κ3) is 4.33. The van der Waals surface area contributed by atoms with Crippen LogP contribution >= 0.6 is 27.3 Å². The Balaban J connectivity index is 1.93. The Bertz CT molecular complexity index is 522. The Labute approximate surface area is 132 Å². The van der Waals surface area contributed by atoms with Crippen molar-refractivity contribution in [2.45, 2.75) is 32.3 Å². The molecule has 0 aliphatic heterocycles. The van der Waals surface area contributed by atoms with Gasteiger partial charge in [-0.2, -0.15) is 0 Å². The zero-order valence-electron chi connectivity index (χ0n) is 11.5. The van der Waals surface area contributed by atoms with Gasteiger partial charge in [0.15, 0.2) is 0 Å². The molecule has 20 heavy (non-hydrogen) atoms. The molecule has 2 nitrogen and oxygen atoms in total. The minimum absolute atomic E-state index is 0.477. The van der Waals surface area contributed by atoms with Gasteiger partial charge in [-0.3, -0.25) is 0 Å². The summed E-state index contributed by atoms with van der Waals surface area (Å²) in [6.07, 6.45) is 2.35. The molecule has 2 rings (SSSR count). The van der Waals surface area contributed by atoms with E-state index in [4.69, 9.17) is 4.74 Å². The average molecular weight is 355 g/mol. The monoisotopic (exact) mass is 354 g/mol. The average Bonchev–Trinajstić information content (AvgIpc) is 2.85. The second kappa shape index (κ2) is 7.81. The molecule has 1 aromatic heterocycles. The summed E-state index contributed by atoms with van der Waals surface area (Å²) >= 11 is 5.15. The SMILES string of the molecule is CCCCOc1ccc(C(O)Cc2sccc2Br)cc1. The van der Waals surface area contributed by atoms with E-state index in [0.717, 1.165) is 35.2 Å². The van der Waals surface area contributed by atoms with Crippen molar-refractivity contribution in [2.75, 3.05) is 6.61 Å². The second-order valence-electron chi connectivity index (χ2n) is 4.68. The highest BCUT2D eigenvalue weighted by Gasteiger charge is 2.11. The van der Waals surface area contributed by atoms with Gasteiger partial charge in [-0.25, -0.2) is 0 Å². The molecule has 0 saturated carbocycles. The highest BCUT2D eigenvalue weighted by Crippen LogP contribution is 2.28. The second-order valence-corrected chi connectivity index (χ2v) is 6.54. The molecule has 0 bridgehead atoms. The number of aliphatic hydroxyl groups excluding tert-OH is 1. The molecule has 0 radical (unpaired) electrons. The summed E-state index contributed by atoms with van der Waals surface area (Å²) in [7, 11) is 0. The Morgan fingerprint density at radius 3 is 2.60 bits per heavy atom. The Kier molecular flexibility index (Phi) is 6.07. The molecule has 0 saturated heterocycles. The number of halogens is 1. The van der Waals surface area contributed by atoms with E-state index in [0.29, 0.717) is 6.42 Å². The van der Waals surface area contributed by atoms with Gasteiger partial charge in [-0.05, 0) is 51.5 Å². The summed E-state index contributed by atoms with van der Waals surface area (Å²) in [6.45, 7) is 2.89. The lowest BCUT2D eigenvalue weighted by Gasteiger charge is -2.11. The summed E-state index contributed by atoms with van der Waals surface area (Å²) in [6, 6.07) is 9.74. The molecule has 0 spiro atoms. The molecule has 0 amide bonds. The van der Waals surface area contributed by atoms with Gasteiger partial charge in [-0.1, -0.05) is 25.5 Å². The molecule has 0 aliphatic rings. The highest BCUT2D eigenvalue weighted by molar-refractivity contribution is 9.10. The maximum absolute atomic E-state index is 10.3. The molecule has 108 valence electrons. The van der Waals surface area contributed by atoms with Crippen LogP contribution in [0.4, 0.5) is 0 Å². The van der Waals surface area contributed by atoms with Gasteiger partial charge >= 0.3 is 0 Å². The van der Waals surface area contributed by atoms with Crippen molar-refractivity contribution in [1.82, 2.24) is 0 Å². The molecule has 2 aromatic rings. The van der Waals surface area contributed by atoms with E-state index in [1.165, 1.54) is 4.88 Å². The van der Waals surface area contributed by atoms with Gasteiger partial charge in [0.2, 0.25) is 0 Å². The van der Waals surface area contributed by atoms with Crippen molar-refractivity contribution in [2.24, 2.45) is 0 Å². The normalized spacial score (nSPS) is 12.3. The smallest absolute Gasteiger partial charge is 0.119 e. The lowest BCUT2D eigenvalue weighted by atomic mass is 10.1. The maximum atomic E-state index is 10.3. The van der Waals surface area contributed by atoms with E-state index < -0.39 is 6.10 Å². The Hall–Kier alpha value is -0.840. The first-order valence-corrected chi connectivity index (χ1v) is 8.50. The third-order valence-electron chi connectivity index (χ3n) is 3.10. The van der Waals surface area contributed by atoms with Gasteiger partial charge in [0.1, 0.15) is 5.75 Å². The van der Waals surface area contributed by atoms with Crippen LogP contribution in [0.3, 0.4) is 0 Å². The van der Waals surface area contributed by atoms with Gasteiger partial charge in [0, 0.05) is 15.8 Å². The van der Waals surface area contributed by atoms with E-state index >= 15 is 0 Å². The van der Waals surface area contributed by atoms with Crippen LogP contribution in [0, 0.1) is 0 Å². The molecule has 1 atom stereocenters. The number of ether oxygens (including phenoxy) is 1. The van der Waals surface area contributed by atoms with Crippen molar-refractivity contribution in [3.8, 4) is 5.75 Å². The van der Waals surface area contributed by atoms with Gasteiger partial charge in [-0.15, -0.1) is 11.3 Å². The fourth-order valence-electron chi connectivity index (χ4n) is 1.88. The number of hydrogen-bond donors (Lipinski definition) is 1. The van der Waals surface area contributed by atoms with Gasteiger partial charge < -0.3 is 9.84 Å². The summed E-state index contributed by atoms with van der Waals surface area (Å²) in [4.78, 5) is 1.17. The molecule has 0 fully saturated rings. The number of rotatable bonds is 7. The first-order chi connectivity index (χ1) is 9.70. The Morgan fingerprint density at radius 2 is 2.00 bits per heavy atom. The van der Waals surface area contributed by atoms with Crippen molar-refractivity contribution in [1.29, 1.82) is 0 Å². The molecule has 1 N–H and O–H groups in total. The summed E-state index contributed by atoms with van der Waals surface area (Å²) in [5, 5.41) is 12.3. The van der Waals surface area contributed by atoms with Crippen LogP contribution in [-0.4, -0.2) is 11.7 Å². The van der Waals surface area contributed by atoms with E-state index in [-0.39, 0.29) is 0 Å². The van der Waals surface area contributed by atoms with Crippen LogP contribution < -0.4 is 4.74 Å². The number of unbranched alkanes of at least 4 members (excludes halogenated alkanes) is 1. The van der Waals surface area contributed by atoms with Crippen LogP contribution in [0.2, 0.25) is 0 Å². The summed E-state index contributed by atoms with van der Waals surface area (Å²) < 4.78 is 6.69. The van der Waals surface area contributed by atoms with Crippen LogP contribution in [0.15, 0.2) is 40.2 Å². The van der Waals surface area contributed by atoms with Crippen LogP contribution in [-0.2, 0) is 6.42 Å². The van der Waals surface area contributed by atoms with Gasteiger partial charge in [0.25, 0.3) is 0 Å². The minimum atomic E-state index is -0.477. The van der Waals surface area contributed by atoms with Crippen molar-refractivity contribution in [3.05, 3.63) is 50.6 Å². The van der Waals surface area contributed by atoms with Gasteiger partial charge in [0.05, 0.1) is 12.7 Å². The molecule has 1 aromatic carbocycles. The van der Waals surface area contributed by atoms with E-state index in [2.05, 4.69) is 22.9 Å². The molecule has 0 aliphatic carbocycles. The van der Waals surface area contributed by atoms with Crippen molar-refractivity contribution in [3.63, 3.8) is 0 Å². The topological polar surface area (TPSA) is 29.5 Å². The number of aliphatic hydroxyl groups is 1. The molecule has 1 heterocycles. The zero-order valence-corrected chi connectivity index (χ0v) is 13.9. The molecule has 1 unspecified atom stereocenters. The standard InChI is InChI=1S/C16H19BrO2S/c1-2-3-9-19-13-6-4-12(5-7-13)15(18)11-16-14(17)8-10-20-16/h4-8,10,15,18H,2-3,9,11H2,1H3. The van der Waals surface area contributed by atoms with Crippen molar-refractivity contribution < 1.29 is 9.84 Å². The van der Waals surface area contributed by atoms with E-state index in [9.17, 15) is 5.11 Å². The highest BCUT2D eigenvalue weighted by atomic mass is 79.9. The minimum Gasteiger partial charge on any atom is -0.494 e. The van der Waals surface area contributed by atoms with E-state index in [1.54, 1.807) is 11.3 Å². The predicted octanol–water partition coefficient (Wildman–Crippen LogP) is 4.97. The van der Waals surface area contributed by atoms with Crippen molar-refractivity contribution >= 4 is 27.3 Å². The molecule has 4 heteroatoms. The maximum Gasteiger partial charge on any atom is 0.119 e. The fraction of sp³-hybridized carbons (Fsp3) is 0.375. The quantitative estimate of drug-likeness (QED) is 0.711. The first kappa shape index (κ1) is 15.5. The molecular formula is C16H19BrO2S. The summed E-state index contributed by atoms with van der Waals surface area (Å²) in [5.74, 6) is 0.867. The predicted molar refractivity (Wildman–Crippen MR) is 87.5 cm³/mol. The first-order valence-electron chi connectivity index (χ1n) is 6.83. The van der Waals surface area contributed by atoms with Crippen LogP contribution in [0.5, 0.6) is 5.75 Å². The van der Waals surface area contributed by atoms with E-state index in [1.807, 2.05) is 35.7 Å². The lowest BCUT2D eigenvalue weighted by molar-refractivity contribution is 0.179. The number of hydrogen-bond acceptors (Lipinski definition) is 3.